The van der Waals surface area contributed by atoms with Gasteiger partial charge < -0.3 is 18.8 Å². The Morgan fingerprint density at radius 1 is 1.12 bits per heavy atom. The lowest BCUT2D eigenvalue weighted by Crippen LogP contribution is -2.41. The molecule has 170 valence electrons. The van der Waals surface area contributed by atoms with Gasteiger partial charge in [-0.25, -0.2) is 4.98 Å². The van der Waals surface area contributed by atoms with E-state index in [0.717, 1.165) is 54.9 Å². The summed E-state index contributed by atoms with van der Waals surface area (Å²) in [4.78, 5) is 11.5. The quantitative estimate of drug-likeness (QED) is 0.550. The van der Waals surface area contributed by atoms with Gasteiger partial charge in [0.2, 0.25) is 0 Å². The predicted octanol–water partition coefficient (Wildman–Crippen LogP) is 2.82. The maximum absolute atomic E-state index is 11.8. The number of aromatic nitrogens is 3. The van der Waals surface area contributed by atoms with Crippen LogP contribution in [0.25, 0.3) is 22.2 Å². The van der Waals surface area contributed by atoms with Crippen LogP contribution in [-0.4, -0.2) is 69.0 Å². The number of pyridine rings is 2. The second-order valence-electron chi connectivity index (χ2n) is 8.67. The molecule has 0 spiro atoms. The third-order valence-electron chi connectivity index (χ3n) is 6.53. The average molecular weight is 456 g/mol. The molecule has 0 aliphatic carbocycles. The minimum absolute atomic E-state index is 0.452. The van der Waals surface area contributed by atoms with Crippen molar-refractivity contribution in [3.05, 3.63) is 42.9 Å². The second-order valence-corrected chi connectivity index (χ2v) is 10.7. The lowest BCUT2D eigenvalue weighted by atomic mass is 9.98. The lowest BCUT2D eigenvalue weighted by molar-refractivity contribution is 0.122. The molecule has 2 fully saturated rings. The van der Waals surface area contributed by atoms with Gasteiger partial charge in [-0.1, -0.05) is 4.21 Å². The molecule has 2 saturated heterocycles. The number of hydrogen-bond donors (Lipinski definition) is 0. The third-order valence-corrected chi connectivity index (χ3v) is 7.83. The molecule has 9 heteroatoms. The van der Waals surface area contributed by atoms with Gasteiger partial charge in [0, 0.05) is 62.3 Å². The fourth-order valence-corrected chi connectivity index (χ4v) is 5.59. The highest BCUT2D eigenvalue weighted by atomic mass is 32.3. The van der Waals surface area contributed by atoms with Crippen molar-refractivity contribution in [3.8, 4) is 11.3 Å². The molecule has 32 heavy (non-hydrogen) atoms. The van der Waals surface area contributed by atoms with E-state index >= 15 is 0 Å². The van der Waals surface area contributed by atoms with E-state index in [1.807, 2.05) is 12.1 Å². The van der Waals surface area contributed by atoms with E-state index in [-0.39, 0.29) is 0 Å². The maximum atomic E-state index is 11.8. The highest BCUT2D eigenvalue weighted by Crippen LogP contribution is 2.32. The number of nitrogens with zero attached hydrogens (tertiary/aromatic N) is 5. The monoisotopic (exact) mass is 455 g/mol. The fraction of sp³-hybridized carbons (Fsp3) is 0.478. The zero-order valence-electron chi connectivity index (χ0n) is 18.4. The van der Waals surface area contributed by atoms with Crippen LogP contribution in [0.15, 0.2) is 42.9 Å². The van der Waals surface area contributed by atoms with E-state index in [2.05, 4.69) is 32.8 Å². The zero-order chi connectivity index (χ0) is 22.1. The molecular formula is C23H29N5O3S. The van der Waals surface area contributed by atoms with Crippen LogP contribution in [0, 0.1) is 5.92 Å². The van der Waals surface area contributed by atoms with E-state index in [0.29, 0.717) is 32.2 Å². The Morgan fingerprint density at radius 3 is 2.53 bits per heavy atom. The van der Waals surface area contributed by atoms with Crippen molar-refractivity contribution >= 4 is 27.1 Å². The van der Waals surface area contributed by atoms with E-state index in [4.69, 9.17) is 9.72 Å². The summed E-state index contributed by atoms with van der Waals surface area (Å²) < 4.78 is 33.1. The summed E-state index contributed by atoms with van der Waals surface area (Å²) in [6.07, 6.45) is 8.80. The van der Waals surface area contributed by atoms with Gasteiger partial charge in [-0.05, 0) is 43.0 Å². The molecule has 1 atom stereocenters. The molecule has 2 aliphatic heterocycles. The number of rotatable bonds is 5. The predicted molar refractivity (Wildman–Crippen MR) is 125 cm³/mol. The number of fused-ring (bicyclic) bond motifs is 1. The van der Waals surface area contributed by atoms with Crippen LogP contribution in [0.2, 0.25) is 0 Å². The summed E-state index contributed by atoms with van der Waals surface area (Å²) in [6, 6.07) is 8.31. The molecule has 3 aromatic heterocycles. The van der Waals surface area contributed by atoms with Crippen LogP contribution in [0.5, 0.6) is 0 Å². The first-order valence-electron chi connectivity index (χ1n) is 11.2. The van der Waals surface area contributed by atoms with Crippen LogP contribution < -0.4 is 4.90 Å². The first kappa shape index (κ1) is 21.5. The fourth-order valence-electron chi connectivity index (χ4n) is 4.72. The molecule has 5 rings (SSSR count). The minimum Gasteiger partial charge on any atom is -0.598 e. The molecule has 1 unspecified atom stereocenters. The molecule has 0 saturated carbocycles. The molecule has 2 aliphatic rings. The summed E-state index contributed by atoms with van der Waals surface area (Å²) in [7, 11) is -3.10. The van der Waals surface area contributed by atoms with Crippen LogP contribution in [0.4, 0.5) is 5.82 Å². The average Bonchev–Trinajstić information content (AvgIpc) is 3.22. The maximum Gasteiger partial charge on any atom is 0.138 e. The Labute approximate surface area is 189 Å². The Morgan fingerprint density at radius 2 is 1.84 bits per heavy atom. The smallest absolute Gasteiger partial charge is 0.138 e. The van der Waals surface area contributed by atoms with E-state index < -0.39 is 10.4 Å². The van der Waals surface area contributed by atoms with Gasteiger partial charge in [0.25, 0.3) is 0 Å². The van der Waals surface area contributed by atoms with Gasteiger partial charge in [0.15, 0.2) is 0 Å². The number of sulfonamides is 1. The molecule has 0 bridgehead atoms. The SMILES string of the molecule is C[S+](=O)([O-])N1CCC(Cn2ccc3c(N4CCOCC4)nc(-c4ccncc4)cc32)CC1. The molecule has 3 aromatic rings. The van der Waals surface area contributed by atoms with Crippen molar-refractivity contribution in [2.75, 3.05) is 50.5 Å². The van der Waals surface area contributed by atoms with E-state index in [1.54, 1.807) is 16.7 Å². The summed E-state index contributed by atoms with van der Waals surface area (Å²) in [5.74, 6) is 1.45. The molecule has 0 N–H and O–H groups in total. The number of anilines is 1. The summed E-state index contributed by atoms with van der Waals surface area (Å²) in [5.41, 5.74) is 3.15. The summed E-state index contributed by atoms with van der Waals surface area (Å²) in [5, 5.41) is 1.15. The molecular weight excluding hydrogens is 426 g/mol. The van der Waals surface area contributed by atoms with Crippen LogP contribution in [-0.2, 0) is 25.9 Å². The summed E-state index contributed by atoms with van der Waals surface area (Å²) >= 11 is 0. The van der Waals surface area contributed by atoms with Gasteiger partial charge in [-0.3, -0.25) is 4.98 Å². The Hall–Kier alpha value is -2.33. The van der Waals surface area contributed by atoms with Crippen LogP contribution in [0.3, 0.4) is 0 Å². The highest BCUT2D eigenvalue weighted by Gasteiger charge is 2.28. The van der Waals surface area contributed by atoms with Gasteiger partial charge in [0.05, 0.1) is 24.4 Å². The number of ether oxygens (including phenoxy) is 1. The molecule has 0 aromatic carbocycles. The molecule has 0 amide bonds. The Kier molecular flexibility index (Phi) is 5.98. The van der Waals surface area contributed by atoms with Gasteiger partial charge in [0.1, 0.15) is 22.5 Å². The largest absolute Gasteiger partial charge is 0.598 e. The number of hydrogen-bond acceptors (Lipinski definition) is 6. The molecule has 0 radical (unpaired) electrons. The highest BCUT2D eigenvalue weighted by molar-refractivity contribution is 7.94. The van der Waals surface area contributed by atoms with Crippen LogP contribution in [0.1, 0.15) is 12.8 Å². The van der Waals surface area contributed by atoms with Crippen molar-refractivity contribution < 1.29 is 13.5 Å². The third kappa shape index (κ3) is 4.43. The second kappa shape index (κ2) is 8.90. The lowest BCUT2D eigenvalue weighted by Gasteiger charge is -2.32. The van der Waals surface area contributed by atoms with Crippen molar-refractivity contribution in [2.24, 2.45) is 5.92 Å². The first-order valence-corrected chi connectivity index (χ1v) is 13.0. The number of morpholine rings is 1. The zero-order valence-corrected chi connectivity index (χ0v) is 19.2. The molecule has 5 heterocycles. The van der Waals surface area contributed by atoms with Crippen molar-refractivity contribution in [1.29, 1.82) is 0 Å². The topological polar surface area (TPSA) is 86.5 Å². The van der Waals surface area contributed by atoms with Crippen molar-refractivity contribution in [2.45, 2.75) is 19.4 Å². The first-order chi connectivity index (χ1) is 15.5. The Bertz CT molecular complexity index is 1120. The van der Waals surface area contributed by atoms with Gasteiger partial charge in [-0.2, -0.15) is 0 Å². The van der Waals surface area contributed by atoms with Crippen molar-refractivity contribution in [1.82, 2.24) is 18.8 Å². The normalized spacial score (nSPS) is 20.5. The molecule has 8 nitrogen and oxygen atoms in total. The standard InChI is InChI=1S/C23H29N5O3S/c1-32(29,30)28-10-4-18(5-11-28)17-27-9-6-20-22(27)16-21(19-2-7-24-8-3-19)25-23(20)26-12-14-31-15-13-26/h2-3,6-9,16,18H,4-5,10-15,17H2,1H3. The van der Waals surface area contributed by atoms with Gasteiger partial charge >= 0.3 is 0 Å². The number of piperidine rings is 1. The van der Waals surface area contributed by atoms with Gasteiger partial charge in [-0.15, -0.1) is 4.31 Å². The van der Waals surface area contributed by atoms with Crippen molar-refractivity contribution in [3.63, 3.8) is 0 Å². The van der Waals surface area contributed by atoms with Crippen LogP contribution >= 0.6 is 0 Å². The minimum atomic E-state index is -3.10. The van der Waals surface area contributed by atoms with E-state index in [1.165, 1.54) is 11.8 Å². The van der Waals surface area contributed by atoms with E-state index in [9.17, 15) is 8.76 Å². The Balaban J connectivity index is 1.47. The summed E-state index contributed by atoms with van der Waals surface area (Å²) in [6.45, 7) is 5.17.